The van der Waals surface area contributed by atoms with Crippen molar-refractivity contribution >= 4 is 5.91 Å². The van der Waals surface area contributed by atoms with Gasteiger partial charge in [0.2, 0.25) is 5.91 Å². The van der Waals surface area contributed by atoms with Crippen LogP contribution >= 0.6 is 0 Å². The third-order valence-corrected chi connectivity index (χ3v) is 4.22. The van der Waals surface area contributed by atoms with Crippen LogP contribution in [0.5, 0.6) is 0 Å². The molecule has 118 valence electrons. The van der Waals surface area contributed by atoms with E-state index in [0.29, 0.717) is 30.9 Å². The van der Waals surface area contributed by atoms with E-state index >= 15 is 0 Å². The van der Waals surface area contributed by atoms with E-state index in [0.717, 1.165) is 31.9 Å². The third kappa shape index (κ3) is 5.82. The van der Waals surface area contributed by atoms with Gasteiger partial charge in [-0.15, -0.1) is 0 Å². The molecule has 3 nitrogen and oxygen atoms in total. The fourth-order valence-electron chi connectivity index (χ4n) is 2.91. The maximum atomic E-state index is 12.5. The zero-order valence-corrected chi connectivity index (χ0v) is 14.0. The first-order chi connectivity index (χ1) is 9.41. The maximum absolute atomic E-state index is 12.5. The summed E-state index contributed by atoms with van der Waals surface area (Å²) >= 11 is 0. The lowest BCUT2D eigenvalue weighted by molar-refractivity contribution is -0.135. The summed E-state index contributed by atoms with van der Waals surface area (Å²) in [5.74, 6) is 2.10. The van der Waals surface area contributed by atoms with Gasteiger partial charge >= 0.3 is 0 Å². The molecule has 20 heavy (non-hydrogen) atoms. The quantitative estimate of drug-likeness (QED) is 0.695. The number of rotatable bonds is 6. The van der Waals surface area contributed by atoms with Gasteiger partial charge in [-0.3, -0.25) is 4.79 Å². The van der Waals surface area contributed by atoms with Crippen molar-refractivity contribution in [2.24, 2.45) is 17.8 Å². The molecule has 3 heteroatoms. The largest absolute Gasteiger partial charge is 0.381 e. The van der Waals surface area contributed by atoms with Crippen LogP contribution in [0, 0.1) is 17.8 Å². The normalized spacial score (nSPS) is 24.2. The average molecular weight is 283 g/mol. The zero-order chi connectivity index (χ0) is 15.1. The van der Waals surface area contributed by atoms with Crippen molar-refractivity contribution in [2.75, 3.05) is 19.8 Å². The minimum atomic E-state index is 0.279. The molecule has 1 rings (SSSR count). The molecular weight excluding hydrogens is 250 g/mol. The highest BCUT2D eigenvalue weighted by Gasteiger charge is 2.29. The topological polar surface area (TPSA) is 29.5 Å². The Hall–Kier alpha value is -0.570. The Morgan fingerprint density at radius 2 is 1.90 bits per heavy atom. The van der Waals surface area contributed by atoms with Crippen molar-refractivity contribution in [1.82, 2.24) is 4.90 Å². The van der Waals surface area contributed by atoms with Crippen LogP contribution < -0.4 is 0 Å². The predicted molar refractivity (Wildman–Crippen MR) is 83.6 cm³/mol. The Balaban J connectivity index is 2.48. The summed E-state index contributed by atoms with van der Waals surface area (Å²) in [4.78, 5) is 14.6. The van der Waals surface area contributed by atoms with Crippen LogP contribution in [-0.2, 0) is 9.53 Å². The number of hydrogen-bond acceptors (Lipinski definition) is 2. The standard InChI is InChI=1S/C17H33NO2/c1-13(2)12-20-11-9-17(19)18-10-8-15(5)6-7-16(18)14(3)4/h13-16H,6-12H2,1-5H3. The van der Waals surface area contributed by atoms with Crippen molar-refractivity contribution in [3.05, 3.63) is 0 Å². The first kappa shape index (κ1) is 17.5. The van der Waals surface area contributed by atoms with Crippen molar-refractivity contribution in [3.8, 4) is 0 Å². The van der Waals surface area contributed by atoms with Gasteiger partial charge in [0.25, 0.3) is 0 Å². The van der Waals surface area contributed by atoms with Crippen molar-refractivity contribution in [1.29, 1.82) is 0 Å². The minimum Gasteiger partial charge on any atom is -0.381 e. The molecule has 0 aromatic rings. The van der Waals surface area contributed by atoms with E-state index in [2.05, 4.69) is 39.5 Å². The fourth-order valence-corrected chi connectivity index (χ4v) is 2.91. The first-order valence-electron chi connectivity index (χ1n) is 8.29. The number of amides is 1. The second-order valence-electron chi connectivity index (χ2n) is 7.09. The molecule has 1 aliphatic rings. The van der Waals surface area contributed by atoms with E-state index in [9.17, 15) is 4.79 Å². The van der Waals surface area contributed by atoms with E-state index in [-0.39, 0.29) is 5.91 Å². The van der Waals surface area contributed by atoms with Gasteiger partial charge in [-0.1, -0.05) is 34.6 Å². The summed E-state index contributed by atoms with van der Waals surface area (Å²) in [5, 5.41) is 0. The molecule has 1 amide bonds. The summed E-state index contributed by atoms with van der Waals surface area (Å²) in [6, 6.07) is 0.414. The lowest BCUT2D eigenvalue weighted by Crippen LogP contribution is -2.43. The summed E-state index contributed by atoms with van der Waals surface area (Å²) in [6.07, 6.45) is 4.07. The van der Waals surface area contributed by atoms with Crippen molar-refractivity contribution < 1.29 is 9.53 Å². The van der Waals surface area contributed by atoms with Gasteiger partial charge < -0.3 is 9.64 Å². The molecule has 1 fully saturated rings. The molecule has 0 radical (unpaired) electrons. The minimum absolute atomic E-state index is 0.279. The number of carbonyl (C=O) groups is 1. The molecule has 0 aliphatic carbocycles. The van der Waals surface area contributed by atoms with Gasteiger partial charge in [-0.05, 0) is 37.0 Å². The van der Waals surface area contributed by atoms with Crippen LogP contribution in [0.4, 0.5) is 0 Å². The molecule has 0 N–H and O–H groups in total. The van der Waals surface area contributed by atoms with Crippen LogP contribution in [0.2, 0.25) is 0 Å². The number of hydrogen-bond donors (Lipinski definition) is 0. The Bertz CT molecular complexity index is 289. The van der Waals surface area contributed by atoms with Gasteiger partial charge in [0.05, 0.1) is 13.0 Å². The third-order valence-electron chi connectivity index (χ3n) is 4.22. The lowest BCUT2D eigenvalue weighted by Gasteiger charge is -2.33. The lowest BCUT2D eigenvalue weighted by atomic mass is 9.95. The predicted octanol–water partition coefficient (Wildman–Crippen LogP) is 3.72. The molecule has 2 atom stereocenters. The fraction of sp³-hybridized carbons (Fsp3) is 0.941. The van der Waals surface area contributed by atoms with E-state index in [1.807, 2.05) is 0 Å². The first-order valence-corrected chi connectivity index (χ1v) is 8.29. The van der Waals surface area contributed by atoms with Crippen LogP contribution in [-0.4, -0.2) is 36.6 Å². The van der Waals surface area contributed by atoms with Crippen LogP contribution in [0.1, 0.15) is 60.3 Å². The highest BCUT2D eigenvalue weighted by molar-refractivity contribution is 5.76. The molecule has 2 unspecified atom stereocenters. The van der Waals surface area contributed by atoms with Crippen molar-refractivity contribution in [2.45, 2.75) is 66.3 Å². The van der Waals surface area contributed by atoms with E-state index in [1.54, 1.807) is 0 Å². The molecule has 0 aromatic carbocycles. The van der Waals surface area contributed by atoms with Crippen LogP contribution in [0.25, 0.3) is 0 Å². The number of likely N-dealkylation sites (tertiary alicyclic amines) is 1. The summed E-state index contributed by atoms with van der Waals surface area (Å²) < 4.78 is 5.56. The monoisotopic (exact) mass is 283 g/mol. The Kier molecular flexibility index (Phi) is 7.57. The highest BCUT2D eigenvalue weighted by atomic mass is 16.5. The molecule has 1 heterocycles. The Labute approximate surface area is 125 Å². The summed E-state index contributed by atoms with van der Waals surface area (Å²) in [7, 11) is 0. The molecule has 1 aliphatic heterocycles. The maximum Gasteiger partial charge on any atom is 0.225 e. The van der Waals surface area contributed by atoms with Crippen LogP contribution in [0.15, 0.2) is 0 Å². The molecule has 0 spiro atoms. The number of ether oxygens (including phenoxy) is 1. The smallest absolute Gasteiger partial charge is 0.225 e. The highest BCUT2D eigenvalue weighted by Crippen LogP contribution is 2.26. The SMILES string of the molecule is CC(C)COCCC(=O)N1CCC(C)CCC1C(C)C. The van der Waals surface area contributed by atoms with Crippen molar-refractivity contribution in [3.63, 3.8) is 0 Å². The molecular formula is C17H33NO2. The molecule has 1 saturated heterocycles. The summed E-state index contributed by atoms with van der Waals surface area (Å²) in [5.41, 5.74) is 0. The zero-order valence-electron chi connectivity index (χ0n) is 14.0. The second kappa shape index (κ2) is 8.66. The summed E-state index contributed by atoms with van der Waals surface area (Å²) in [6.45, 7) is 13.3. The van der Waals surface area contributed by atoms with E-state index in [1.165, 1.54) is 6.42 Å². The van der Waals surface area contributed by atoms with Gasteiger partial charge in [-0.2, -0.15) is 0 Å². The molecule has 0 aromatic heterocycles. The number of nitrogens with zero attached hydrogens (tertiary/aromatic N) is 1. The molecule has 0 bridgehead atoms. The van der Waals surface area contributed by atoms with Gasteiger partial charge in [0.1, 0.15) is 0 Å². The van der Waals surface area contributed by atoms with E-state index in [4.69, 9.17) is 4.74 Å². The second-order valence-corrected chi connectivity index (χ2v) is 7.09. The van der Waals surface area contributed by atoms with Gasteiger partial charge in [-0.25, -0.2) is 0 Å². The Morgan fingerprint density at radius 3 is 2.50 bits per heavy atom. The van der Waals surface area contributed by atoms with Gasteiger partial charge in [0, 0.05) is 19.2 Å². The van der Waals surface area contributed by atoms with Gasteiger partial charge in [0.15, 0.2) is 0 Å². The van der Waals surface area contributed by atoms with Crippen LogP contribution in [0.3, 0.4) is 0 Å². The molecule has 0 saturated carbocycles. The number of carbonyl (C=O) groups excluding carboxylic acids is 1. The Morgan fingerprint density at radius 1 is 1.20 bits per heavy atom. The van der Waals surface area contributed by atoms with E-state index < -0.39 is 0 Å². The average Bonchev–Trinajstić information content (AvgIpc) is 2.56.